The third kappa shape index (κ3) is 2.81. The van der Waals surface area contributed by atoms with E-state index < -0.39 is 0 Å². The Hall–Kier alpha value is -1.33. The summed E-state index contributed by atoms with van der Waals surface area (Å²) in [6.07, 6.45) is 7.71. The van der Waals surface area contributed by atoms with Crippen molar-refractivity contribution in [3.05, 3.63) is 24.0 Å². The minimum absolute atomic E-state index is 0.0260. The second-order valence-electron chi connectivity index (χ2n) is 7.39. The molecule has 0 saturated carbocycles. The SMILES string of the molecule is Cn1cccc1C(=O)N1CCC2(CC1)C[C@H](N1CCCC1)CO2. The Morgan fingerprint density at radius 3 is 2.61 bits per heavy atom. The predicted octanol–water partition coefficient (Wildman–Crippen LogP) is 1.88. The zero-order valence-corrected chi connectivity index (χ0v) is 14.0. The Labute approximate surface area is 138 Å². The average Bonchev–Trinajstić information content (AvgIpc) is 3.28. The monoisotopic (exact) mass is 317 g/mol. The van der Waals surface area contributed by atoms with Crippen LogP contribution in [-0.4, -0.2) is 64.7 Å². The first kappa shape index (κ1) is 15.2. The molecule has 0 N–H and O–H groups in total. The molecule has 1 atom stereocenters. The number of piperidine rings is 1. The Morgan fingerprint density at radius 2 is 1.96 bits per heavy atom. The van der Waals surface area contributed by atoms with Gasteiger partial charge in [0.2, 0.25) is 0 Å². The van der Waals surface area contributed by atoms with Crippen LogP contribution in [0.3, 0.4) is 0 Å². The number of likely N-dealkylation sites (tertiary alicyclic amines) is 2. The normalized spacial score (nSPS) is 27.9. The standard InChI is InChI=1S/C18H27N3O2/c1-19-8-4-5-16(19)17(22)21-11-6-18(7-12-21)13-15(14-23-18)20-9-2-3-10-20/h4-5,8,15H,2-3,6-7,9-14H2,1H3/t15-/m0/s1. The van der Waals surface area contributed by atoms with Gasteiger partial charge in [0.05, 0.1) is 12.2 Å². The molecule has 1 aromatic rings. The highest BCUT2D eigenvalue weighted by molar-refractivity contribution is 5.92. The summed E-state index contributed by atoms with van der Waals surface area (Å²) in [5.41, 5.74) is 0.807. The van der Waals surface area contributed by atoms with Crippen LogP contribution in [0.4, 0.5) is 0 Å². The van der Waals surface area contributed by atoms with Crippen molar-refractivity contribution in [2.45, 2.75) is 43.7 Å². The first-order valence-corrected chi connectivity index (χ1v) is 8.96. The minimum atomic E-state index is 0.0260. The van der Waals surface area contributed by atoms with Crippen LogP contribution in [-0.2, 0) is 11.8 Å². The maximum Gasteiger partial charge on any atom is 0.270 e. The molecule has 4 rings (SSSR count). The lowest BCUT2D eigenvalue weighted by molar-refractivity contribution is -0.0394. The second kappa shape index (κ2) is 5.95. The van der Waals surface area contributed by atoms with E-state index in [0.29, 0.717) is 6.04 Å². The van der Waals surface area contributed by atoms with Crippen LogP contribution in [0.25, 0.3) is 0 Å². The molecule has 23 heavy (non-hydrogen) atoms. The van der Waals surface area contributed by atoms with E-state index in [0.717, 1.165) is 44.7 Å². The fourth-order valence-corrected chi connectivity index (χ4v) is 4.47. The topological polar surface area (TPSA) is 37.7 Å². The Balaban J connectivity index is 1.36. The number of carbonyl (C=O) groups is 1. The number of hydrogen-bond donors (Lipinski definition) is 0. The number of hydrogen-bond acceptors (Lipinski definition) is 3. The third-order valence-corrected chi connectivity index (χ3v) is 5.97. The molecule has 0 aromatic carbocycles. The summed E-state index contributed by atoms with van der Waals surface area (Å²) >= 11 is 0. The fourth-order valence-electron chi connectivity index (χ4n) is 4.47. The van der Waals surface area contributed by atoms with Gasteiger partial charge in [0.15, 0.2) is 0 Å². The molecule has 3 aliphatic heterocycles. The summed E-state index contributed by atoms with van der Waals surface area (Å²) in [7, 11) is 1.93. The summed E-state index contributed by atoms with van der Waals surface area (Å²) in [6.45, 7) is 4.99. The van der Waals surface area contributed by atoms with Crippen LogP contribution >= 0.6 is 0 Å². The number of nitrogens with zero attached hydrogens (tertiary/aromatic N) is 3. The van der Waals surface area contributed by atoms with E-state index in [2.05, 4.69) is 4.90 Å². The summed E-state index contributed by atoms with van der Waals surface area (Å²) in [4.78, 5) is 17.2. The van der Waals surface area contributed by atoms with Gasteiger partial charge < -0.3 is 14.2 Å². The molecule has 0 bridgehead atoms. The molecule has 126 valence electrons. The number of rotatable bonds is 2. The molecule has 0 aliphatic carbocycles. The van der Waals surface area contributed by atoms with Gasteiger partial charge >= 0.3 is 0 Å². The van der Waals surface area contributed by atoms with Crippen molar-refractivity contribution in [2.24, 2.45) is 7.05 Å². The van der Waals surface area contributed by atoms with Gasteiger partial charge in [0.25, 0.3) is 5.91 Å². The Morgan fingerprint density at radius 1 is 1.22 bits per heavy atom. The van der Waals surface area contributed by atoms with E-state index in [1.807, 2.05) is 34.8 Å². The van der Waals surface area contributed by atoms with Crippen LogP contribution in [0.15, 0.2) is 18.3 Å². The van der Waals surface area contributed by atoms with Crippen molar-refractivity contribution < 1.29 is 9.53 Å². The number of ether oxygens (including phenoxy) is 1. The molecule has 3 aliphatic rings. The van der Waals surface area contributed by atoms with Crippen molar-refractivity contribution in [3.63, 3.8) is 0 Å². The van der Waals surface area contributed by atoms with Gasteiger partial charge in [-0.05, 0) is 57.3 Å². The van der Waals surface area contributed by atoms with Crippen LogP contribution in [0.5, 0.6) is 0 Å². The lowest BCUT2D eigenvalue weighted by atomic mass is 9.87. The first-order chi connectivity index (χ1) is 11.2. The van der Waals surface area contributed by atoms with Gasteiger partial charge in [-0.15, -0.1) is 0 Å². The smallest absolute Gasteiger partial charge is 0.270 e. The van der Waals surface area contributed by atoms with E-state index in [4.69, 9.17) is 4.74 Å². The molecule has 1 aromatic heterocycles. The van der Waals surface area contributed by atoms with Crippen molar-refractivity contribution >= 4 is 5.91 Å². The van der Waals surface area contributed by atoms with Gasteiger partial charge in [0.1, 0.15) is 5.69 Å². The predicted molar refractivity (Wildman–Crippen MR) is 88.4 cm³/mol. The van der Waals surface area contributed by atoms with Crippen molar-refractivity contribution in [3.8, 4) is 0 Å². The van der Waals surface area contributed by atoms with Gasteiger partial charge in [-0.2, -0.15) is 0 Å². The molecule has 5 nitrogen and oxygen atoms in total. The van der Waals surface area contributed by atoms with E-state index in [-0.39, 0.29) is 11.5 Å². The largest absolute Gasteiger partial charge is 0.373 e. The number of aromatic nitrogens is 1. The molecular weight excluding hydrogens is 290 g/mol. The quantitative estimate of drug-likeness (QED) is 0.836. The summed E-state index contributed by atoms with van der Waals surface area (Å²) in [5.74, 6) is 0.154. The highest BCUT2D eigenvalue weighted by Crippen LogP contribution is 2.38. The van der Waals surface area contributed by atoms with Gasteiger partial charge in [-0.3, -0.25) is 9.69 Å². The van der Waals surface area contributed by atoms with Gasteiger partial charge in [-0.25, -0.2) is 0 Å². The molecule has 0 unspecified atom stereocenters. The van der Waals surface area contributed by atoms with E-state index in [1.165, 1.54) is 25.9 Å². The fraction of sp³-hybridized carbons (Fsp3) is 0.722. The van der Waals surface area contributed by atoms with Crippen LogP contribution in [0.2, 0.25) is 0 Å². The maximum absolute atomic E-state index is 12.6. The molecule has 4 heterocycles. The van der Waals surface area contributed by atoms with Crippen LogP contribution in [0, 0.1) is 0 Å². The van der Waals surface area contributed by atoms with Gasteiger partial charge in [0, 0.05) is 32.4 Å². The zero-order valence-electron chi connectivity index (χ0n) is 14.0. The average molecular weight is 317 g/mol. The van der Waals surface area contributed by atoms with Crippen LogP contribution in [0.1, 0.15) is 42.6 Å². The molecule has 3 saturated heterocycles. The molecule has 1 amide bonds. The molecule has 1 spiro atoms. The van der Waals surface area contributed by atoms with E-state index in [1.54, 1.807) is 0 Å². The zero-order chi connectivity index (χ0) is 15.9. The minimum Gasteiger partial charge on any atom is -0.373 e. The molecule has 3 fully saturated rings. The van der Waals surface area contributed by atoms with Gasteiger partial charge in [-0.1, -0.05) is 0 Å². The number of aryl methyl sites for hydroxylation is 1. The van der Waals surface area contributed by atoms with E-state index in [9.17, 15) is 4.79 Å². The Kier molecular flexibility index (Phi) is 3.93. The second-order valence-corrected chi connectivity index (χ2v) is 7.39. The van der Waals surface area contributed by atoms with Crippen molar-refractivity contribution in [1.29, 1.82) is 0 Å². The van der Waals surface area contributed by atoms with E-state index >= 15 is 0 Å². The summed E-state index contributed by atoms with van der Waals surface area (Å²) < 4.78 is 8.17. The van der Waals surface area contributed by atoms with Crippen molar-refractivity contribution in [1.82, 2.24) is 14.4 Å². The first-order valence-electron chi connectivity index (χ1n) is 8.96. The summed E-state index contributed by atoms with van der Waals surface area (Å²) in [6, 6.07) is 4.44. The lowest BCUT2D eigenvalue weighted by Gasteiger charge is -2.39. The highest BCUT2D eigenvalue weighted by Gasteiger charge is 2.45. The summed E-state index contributed by atoms with van der Waals surface area (Å²) in [5, 5.41) is 0. The van der Waals surface area contributed by atoms with Crippen molar-refractivity contribution in [2.75, 3.05) is 32.8 Å². The molecule has 0 radical (unpaired) electrons. The lowest BCUT2D eigenvalue weighted by Crippen LogP contribution is -2.47. The van der Waals surface area contributed by atoms with Crippen LogP contribution < -0.4 is 0 Å². The highest BCUT2D eigenvalue weighted by atomic mass is 16.5. The number of amides is 1. The Bertz CT molecular complexity index is 569. The molecular formula is C18H27N3O2. The number of carbonyl (C=O) groups excluding carboxylic acids is 1. The third-order valence-electron chi connectivity index (χ3n) is 5.97. The maximum atomic E-state index is 12.6. The molecule has 5 heteroatoms.